The minimum absolute atomic E-state index is 0.0564. The van der Waals surface area contributed by atoms with Crippen molar-refractivity contribution in [3.63, 3.8) is 0 Å². The zero-order valence-corrected chi connectivity index (χ0v) is 11.4. The highest BCUT2D eigenvalue weighted by atomic mass is 35.5. The zero-order chi connectivity index (χ0) is 13.1. The molecule has 1 aromatic rings. The Kier molecular flexibility index (Phi) is 4.09. The van der Waals surface area contributed by atoms with Crippen molar-refractivity contribution in [2.45, 2.75) is 13.0 Å². The number of aryl methyl sites for hydroxylation is 1. The van der Waals surface area contributed by atoms with Crippen LogP contribution in [0.4, 0.5) is 5.69 Å². The van der Waals surface area contributed by atoms with Gasteiger partial charge in [0, 0.05) is 23.8 Å². The van der Waals surface area contributed by atoms with E-state index in [-0.39, 0.29) is 11.9 Å². The summed E-state index contributed by atoms with van der Waals surface area (Å²) >= 11 is 6.03. The van der Waals surface area contributed by atoms with Gasteiger partial charge in [0.1, 0.15) is 0 Å². The van der Waals surface area contributed by atoms with Gasteiger partial charge in [0.05, 0.1) is 12.6 Å². The maximum atomic E-state index is 11.7. The van der Waals surface area contributed by atoms with Crippen molar-refractivity contribution in [1.29, 1.82) is 0 Å². The summed E-state index contributed by atoms with van der Waals surface area (Å²) in [5.41, 5.74) is 2.18. The Balaban J connectivity index is 2.21. The molecule has 2 rings (SSSR count). The van der Waals surface area contributed by atoms with Crippen LogP contribution in [0.5, 0.6) is 0 Å². The van der Waals surface area contributed by atoms with Crippen LogP contribution in [0.1, 0.15) is 5.56 Å². The van der Waals surface area contributed by atoms with E-state index in [2.05, 4.69) is 15.5 Å². The normalized spacial score (nSPS) is 19.8. The van der Waals surface area contributed by atoms with Crippen LogP contribution in [0.25, 0.3) is 0 Å². The first kappa shape index (κ1) is 13.2. The zero-order valence-electron chi connectivity index (χ0n) is 10.7. The number of benzene rings is 1. The Morgan fingerprint density at radius 2 is 2.33 bits per heavy atom. The van der Waals surface area contributed by atoms with E-state index in [0.717, 1.165) is 24.3 Å². The molecule has 1 aliphatic heterocycles. The molecule has 1 aliphatic rings. The highest BCUT2D eigenvalue weighted by molar-refractivity contribution is 6.30. The van der Waals surface area contributed by atoms with Gasteiger partial charge in [-0.15, -0.1) is 0 Å². The third-order valence-electron chi connectivity index (χ3n) is 3.10. The molecule has 4 nitrogen and oxygen atoms in total. The van der Waals surface area contributed by atoms with E-state index < -0.39 is 0 Å². The summed E-state index contributed by atoms with van der Waals surface area (Å²) in [4.78, 5) is 13.8. The average molecular weight is 268 g/mol. The lowest BCUT2D eigenvalue weighted by Gasteiger charge is -2.35. The van der Waals surface area contributed by atoms with E-state index in [9.17, 15) is 4.79 Å². The number of carbonyl (C=O) groups is 1. The number of rotatable bonds is 3. The largest absolute Gasteiger partial charge is 0.360 e. The number of piperazine rings is 1. The number of hydrogen-bond donors (Lipinski definition) is 2. The predicted molar refractivity (Wildman–Crippen MR) is 74.3 cm³/mol. The molecule has 0 aromatic heterocycles. The summed E-state index contributed by atoms with van der Waals surface area (Å²) in [6.07, 6.45) is 0. The van der Waals surface area contributed by atoms with Gasteiger partial charge >= 0.3 is 0 Å². The van der Waals surface area contributed by atoms with Gasteiger partial charge in [-0.3, -0.25) is 4.79 Å². The molecule has 0 spiro atoms. The van der Waals surface area contributed by atoms with Crippen molar-refractivity contribution >= 4 is 23.2 Å². The number of likely N-dealkylation sites (N-methyl/N-ethyl adjacent to an activating group) is 1. The predicted octanol–water partition coefficient (Wildman–Crippen LogP) is 1.17. The highest BCUT2D eigenvalue weighted by Crippen LogP contribution is 2.25. The third kappa shape index (κ3) is 2.94. The topological polar surface area (TPSA) is 44.4 Å². The van der Waals surface area contributed by atoms with E-state index in [1.165, 1.54) is 0 Å². The van der Waals surface area contributed by atoms with Crippen LogP contribution in [0.15, 0.2) is 18.2 Å². The van der Waals surface area contributed by atoms with Crippen LogP contribution in [-0.2, 0) is 4.79 Å². The van der Waals surface area contributed by atoms with E-state index in [0.29, 0.717) is 11.6 Å². The van der Waals surface area contributed by atoms with E-state index in [1.54, 1.807) is 0 Å². The Bertz CT molecular complexity index is 450. The molecule has 1 heterocycles. The SMILES string of the molecule is CNCC1CN(c2cc(Cl)ccc2C)CC(=O)N1. The maximum Gasteiger partial charge on any atom is 0.239 e. The fourth-order valence-electron chi connectivity index (χ4n) is 2.29. The number of nitrogens with zero attached hydrogens (tertiary/aromatic N) is 1. The van der Waals surface area contributed by atoms with Crippen LogP contribution in [0.2, 0.25) is 5.02 Å². The fourth-order valence-corrected chi connectivity index (χ4v) is 2.46. The number of nitrogens with one attached hydrogen (secondary N) is 2. The molecule has 0 bridgehead atoms. The first-order valence-corrected chi connectivity index (χ1v) is 6.43. The van der Waals surface area contributed by atoms with Crippen LogP contribution in [0, 0.1) is 6.92 Å². The Labute approximate surface area is 112 Å². The quantitative estimate of drug-likeness (QED) is 0.864. The summed E-state index contributed by atoms with van der Waals surface area (Å²) in [5.74, 6) is 0.0564. The highest BCUT2D eigenvalue weighted by Gasteiger charge is 2.25. The van der Waals surface area contributed by atoms with Crippen LogP contribution < -0.4 is 15.5 Å². The number of halogens is 1. The lowest BCUT2D eigenvalue weighted by Crippen LogP contribution is -2.57. The molecule has 98 valence electrons. The molecule has 18 heavy (non-hydrogen) atoms. The monoisotopic (exact) mass is 267 g/mol. The van der Waals surface area contributed by atoms with Gasteiger partial charge in [-0.1, -0.05) is 17.7 Å². The average Bonchev–Trinajstić information content (AvgIpc) is 2.32. The molecule has 1 atom stereocenters. The smallest absolute Gasteiger partial charge is 0.239 e. The summed E-state index contributed by atoms with van der Waals surface area (Å²) in [6, 6.07) is 5.91. The van der Waals surface area contributed by atoms with E-state index >= 15 is 0 Å². The van der Waals surface area contributed by atoms with Crippen molar-refractivity contribution < 1.29 is 4.79 Å². The molecule has 0 saturated carbocycles. The van der Waals surface area contributed by atoms with E-state index in [4.69, 9.17) is 11.6 Å². The fraction of sp³-hybridized carbons (Fsp3) is 0.462. The van der Waals surface area contributed by atoms with Gasteiger partial charge in [0.15, 0.2) is 0 Å². The number of hydrogen-bond acceptors (Lipinski definition) is 3. The first-order valence-electron chi connectivity index (χ1n) is 6.05. The molecule has 0 radical (unpaired) electrons. The molecule has 2 N–H and O–H groups in total. The van der Waals surface area contributed by atoms with Crippen molar-refractivity contribution in [3.8, 4) is 0 Å². The van der Waals surface area contributed by atoms with Crippen molar-refractivity contribution in [3.05, 3.63) is 28.8 Å². The van der Waals surface area contributed by atoms with Crippen molar-refractivity contribution in [1.82, 2.24) is 10.6 Å². The van der Waals surface area contributed by atoms with E-state index in [1.807, 2.05) is 32.2 Å². The van der Waals surface area contributed by atoms with Gasteiger partial charge < -0.3 is 15.5 Å². The molecular formula is C13H18ClN3O. The summed E-state index contributed by atoms with van der Waals surface area (Å²) in [6.45, 7) is 3.99. The summed E-state index contributed by atoms with van der Waals surface area (Å²) < 4.78 is 0. The van der Waals surface area contributed by atoms with Crippen LogP contribution >= 0.6 is 11.6 Å². The molecular weight excluding hydrogens is 250 g/mol. The van der Waals surface area contributed by atoms with Gasteiger partial charge in [-0.2, -0.15) is 0 Å². The lowest BCUT2D eigenvalue weighted by molar-refractivity contribution is -0.121. The standard InChI is InChI=1S/C13H18ClN3O/c1-9-3-4-10(14)5-12(9)17-7-11(6-15-2)16-13(18)8-17/h3-5,11,15H,6-8H2,1-2H3,(H,16,18). The molecule has 0 aliphatic carbocycles. The second-order valence-electron chi connectivity index (χ2n) is 4.63. The maximum absolute atomic E-state index is 11.7. The minimum Gasteiger partial charge on any atom is -0.360 e. The van der Waals surface area contributed by atoms with Gasteiger partial charge in [0.25, 0.3) is 0 Å². The number of carbonyl (C=O) groups excluding carboxylic acids is 1. The van der Waals surface area contributed by atoms with Gasteiger partial charge in [0.2, 0.25) is 5.91 Å². The second kappa shape index (κ2) is 5.59. The molecule has 1 unspecified atom stereocenters. The van der Waals surface area contributed by atoms with Crippen LogP contribution in [-0.4, -0.2) is 38.6 Å². The Morgan fingerprint density at radius 3 is 3.06 bits per heavy atom. The first-order chi connectivity index (χ1) is 8.60. The van der Waals surface area contributed by atoms with Gasteiger partial charge in [-0.05, 0) is 31.7 Å². The number of anilines is 1. The minimum atomic E-state index is 0.0564. The molecule has 1 fully saturated rings. The Morgan fingerprint density at radius 1 is 1.56 bits per heavy atom. The molecule has 1 amide bonds. The van der Waals surface area contributed by atoms with Crippen molar-refractivity contribution in [2.24, 2.45) is 0 Å². The molecule has 1 aromatic carbocycles. The Hall–Kier alpha value is -1.26. The third-order valence-corrected chi connectivity index (χ3v) is 3.34. The van der Waals surface area contributed by atoms with Gasteiger partial charge in [-0.25, -0.2) is 0 Å². The lowest BCUT2D eigenvalue weighted by atomic mass is 10.1. The second-order valence-corrected chi connectivity index (χ2v) is 5.07. The van der Waals surface area contributed by atoms with Crippen LogP contribution in [0.3, 0.4) is 0 Å². The number of amides is 1. The van der Waals surface area contributed by atoms with Crippen molar-refractivity contribution in [2.75, 3.05) is 31.6 Å². The molecule has 5 heteroatoms. The molecule has 1 saturated heterocycles. The summed E-state index contributed by atoms with van der Waals surface area (Å²) in [7, 11) is 1.88. The summed E-state index contributed by atoms with van der Waals surface area (Å²) in [5, 5.41) is 6.76.